The van der Waals surface area contributed by atoms with Crippen LogP contribution >= 0.6 is 11.6 Å². The number of benzene rings is 1. The maximum absolute atomic E-state index is 11.9. The minimum Gasteiger partial charge on any atom is -0.446 e. The molecule has 0 fully saturated rings. The highest BCUT2D eigenvalue weighted by Gasteiger charge is 2.23. The van der Waals surface area contributed by atoms with Crippen molar-refractivity contribution < 1.29 is 14.3 Å². The van der Waals surface area contributed by atoms with E-state index in [0.717, 1.165) is 0 Å². The van der Waals surface area contributed by atoms with E-state index < -0.39 is 18.0 Å². The van der Waals surface area contributed by atoms with Gasteiger partial charge in [0.15, 0.2) is 0 Å². The molecule has 0 spiro atoms. The van der Waals surface area contributed by atoms with Crippen LogP contribution in [0.4, 0.5) is 0 Å². The van der Waals surface area contributed by atoms with Gasteiger partial charge in [-0.05, 0) is 0 Å². The highest BCUT2D eigenvalue weighted by atomic mass is 35.5. The topological polar surface area (TPSA) is 55.4 Å². The number of esters is 1. The maximum atomic E-state index is 11.9. The summed E-state index contributed by atoms with van der Waals surface area (Å²) in [5.41, 5.74) is 0.595. The van der Waals surface area contributed by atoms with Gasteiger partial charge in [-0.3, -0.25) is 9.59 Å². The predicted octanol–water partition coefficient (Wildman–Crippen LogP) is 1.81. The van der Waals surface area contributed by atoms with Gasteiger partial charge in [0.05, 0.1) is 0 Å². The van der Waals surface area contributed by atoms with Gasteiger partial charge in [-0.2, -0.15) is 0 Å². The summed E-state index contributed by atoms with van der Waals surface area (Å²) >= 11 is 5.37. The number of halogens is 1. The Bertz CT molecular complexity index is 420. The first-order chi connectivity index (χ1) is 8.69. The maximum Gasteiger partial charge on any atom is 0.322 e. The molecule has 1 N–H and O–H groups in total. The first-order valence-corrected chi connectivity index (χ1v) is 5.91. The number of rotatable bonds is 6. The van der Waals surface area contributed by atoms with Crippen LogP contribution < -0.4 is 5.32 Å². The molecule has 5 heteroatoms. The summed E-state index contributed by atoms with van der Waals surface area (Å²) in [6, 6.07) is 8.75. The third-order valence-electron chi connectivity index (χ3n) is 2.12. The molecule has 0 heterocycles. The number of nitrogens with one attached hydrogen (secondary N) is 1. The molecule has 1 aromatic carbocycles. The summed E-state index contributed by atoms with van der Waals surface area (Å²) in [4.78, 5) is 23.1. The molecule has 0 unspecified atom stereocenters. The van der Waals surface area contributed by atoms with Crippen molar-refractivity contribution in [3.63, 3.8) is 0 Å². The fraction of sp³-hybridized carbons (Fsp3) is 0.231. The first-order valence-electron chi connectivity index (χ1n) is 5.38. The molecule has 0 radical (unpaired) electrons. The SMILES string of the molecule is C=CCNC(=O)[C@@H](OC(=O)CCl)c1ccccc1. The third-order valence-corrected chi connectivity index (χ3v) is 2.34. The van der Waals surface area contributed by atoms with E-state index in [2.05, 4.69) is 11.9 Å². The second-order valence-corrected chi connectivity index (χ2v) is 3.72. The minimum atomic E-state index is -0.989. The number of ether oxygens (including phenoxy) is 1. The number of carbonyl (C=O) groups is 2. The highest BCUT2D eigenvalue weighted by molar-refractivity contribution is 6.26. The van der Waals surface area contributed by atoms with Crippen LogP contribution in [0, 0.1) is 0 Å². The quantitative estimate of drug-likeness (QED) is 0.486. The third kappa shape index (κ3) is 4.22. The van der Waals surface area contributed by atoms with Gasteiger partial charge in [0.2, 0.25) is 6.10 Å². The van der Waals surface area contributed by atoms with E-state index in [9.17, 15) is 9.59 Å². The van der Waals surface area contributed by atoms with Crippen molar-refractivity contribution in [2.24, 2.45) is 0 Å². The monoisotopic (exact) mass is 267 g/mol. The van der Waals surface area contributed by atoms with Crippen LogP contribution in [0.2, 0.25) is 0 Å². The molecule has 1 amide bonds. The average molecular weight is 268 g/mol. The second-order valence-electron chi connectivity index (χ2n) is 3.45. The van der Waals surface area contributed by atoms with Crippen LogP contribution in [0.3, 0.4) is 0 Å². The van der Waals surface area contributed by atoms with Crippen molar-refractivity contribution in [2.75, 3.05) is 12.4 Å². The van der Waals surface area contributed by atoms with Crippen molar-refractivity contribution in [1.82, 2.24) is 5.32 Å². The van der Waals surface area contributed by atoms with Crippen LogP contribution in [0.5, 0.6) is 0 Å². The van der Waals surface area contributed by atoms with Crippen LogP contribution in [0.25, 0.3) is 0 Å². The van der Waals surface area contributed by atoms with E-state index in [1.165, 1.54) is 0 Å². The fourth-order valence-corrected chi connectivity index (χ4v) is 1.39. The molecule has 1 atom stereocenters. The van der Waals surface area contributed by atoms with Gasteiger partial charge in [-0.15, -0.1) is 18.2 Å². The molecule has 4 nitrogen and oxygen atoms in total. The molecule has 0 aliphatic carbocycles. The van der Waals surface area contributed by atoms with Crippen LogP contribution in [0.1, 0.15) is 11.7 Å². The number of carbonyl (C=O) groups excluding carboxylic acids is 2. The van der Waals surface area contributed by atoms with Gasteiger partial charge >= 0.3 is 5.97 Å². The van der Waals surface area contributed by atoms with E-state index >= 15 is 0 Å². The lowest BCUT2D eigenvalue weighted by Gasteiger charge is -2.16. The summed E-state index contributed by atoms with van der Waals surface area (Å²) in [6.07, 6.45) is 0.556. The molecule has 0 aliphatic rings. The fourth-order valence-electron chi connectivity index (χ4n) is 1.33. The Morgan fingerprint density at radius 2 is 2.06 bits per heavy atom. The molecule has 96 valence electrons. The molecular weight excluding hydrogens is 254 g/mol. The standard InChI is InChI=1S/C13H14ClNO3/c1-2-8-15-13(17)12(18-11(16)9-14)10-6-4-3-5-7-10/h2-7,12H,1,8-9H2,(H,15,17)/t12-/m0/s1. The van der Waals surface area contributed by atoms with Crippen molar-refractivity contribution in [1.29, 1.82) is 0 Å². The normalized spacial score (nSPS) is 11.4. The van der Waals surface area contributed by atoms with E-state index in [1.54, 1.807) is 30.3 Å². The summed E-state index contributed by atoms with van der Waals surface area (Å²) < 4.78 is 5.03. The van der Waals surface area contributed by atoms with E-state index in [0.29, 0.717) is 12.1 Å². The lowest BCUT2D eigenvalue weighted by atomic mass is 10.1. The highest BCUT2D eigenvalue weighted by Crippen LogP contribution is 2.17. The van der Waals surface area contributed by atoms with Gasteiger partial charge in [-0.1, -0.05) is 36.4 Å². The zero-order valence-corrected chi connectivity index (χ0v) is 10.5. The summed E-state index contributed by atoms with van der Waals surface area (Å²) in [6.45, 7) is 3.80. The number of amides is 1. The largest absolute Gasteiger partial charge is 0.446 e. The second kappa shape index (κ2) is 7.50. The van der Waals surface area contributed by atoms with Gasteiger partial charge in [0, 0.05) is 12.1 Å². The smallest absolute Gasteiger partial charge is 0.322 e. The Hall–Kier alpha value is -1.81. The zero-order valence-electron chi connectivity index (χ0n) is 9.77. The van der Waals surface area contributed by atoms with Crippen molar-refractivity contribution in [3.8, 4) is 0 Å². The number of hydrogen-bond donors (Lipinski definition) is 1. The molecule has 1 aromatic rings. The Labute approximate surface area is 111 Å². The Morgan fingerprint density at radius 3 is 2.61 bits per heavy atom. The molecular formula is C13H14ClNO3. The van der Waals surface area contributed by atoms with Crippen molar-refractivity contribution in [2.45, 2.75) is 6.10 Å². The number of hydrogen-bond acceptors (Lipinski definition) is 3. The van der Waals surface area contributed by atoms with Crippen LogP contribution in [-0.4, -0.2) is 24.3 Å². The Morgan fingerprint density at radius 1 is 1.39 bits per heavy atom. The summed E-state index contributed by atoms with van der Waals surface area (Å²) in [7, 11) is 0. The van der Waals surface area contributed by atoms with Gasteiger partial charge < -0.3 is 10.1 Å². The zero-order chi connectivity index (χ0) is 13.4. The minimum absolute atomic E-state index is 0.294. The predicted molar refractivity (Wildman–Crippen MR) is 69.2 cm³/mol. The Balaban J connectivity index is 2.84. The van der Waals surface area contributed by atoms with E-state index in [-0.39, 0.29) is 5.88 Å². The van der Waals surface area contributed by atoms with E-state index in [1.807, 2.05) is 6.07 Å². The van der Waals surface area contributed by atoms with Crippen LogP contribution in [-0.2, 0) is 14.3 Å². The summed E-state index contributed by atoms with van der Waals surface area (Å²) in [5, 5.41) is 2.58. The van der Waals surface area contributed by atoms with Gasteiger partial charge in [-0.25, -0.2) is 0 Å². The molecule has 18 heavy (non-hydrogen) atoms. The first kappa shape index (κ1) is 14.3. The van der Waals surface area contributed by atoms with Gasteiger partial charge in [0.1, 0.15) is 5.88 Å². The van der Waals surface area contributed by atoms with Crippen molar-refractivity contribution >= 4 is 23.5 Å². The lowest BCUT2D eigenvalue weighted by molar-refractivity contribution is -0.154. The molecule has 0 aromatic heterocycles. The molecule has 0 bridgehead atoms. The lowest BCUT2D eigenvalue weighted by Crippen LogP contribution is -2.32. The van der Waals surface area contributed by atoms with Crippen molar-refractivity contribution in [3.05, 3.63) is 48.6 Å². The molecule has 0 aliphatic heterocycles. The Kier molecular flexibility index (Phi) is 5.94. The van der Waals surface area contributed by atoms with Gasteiger partial charge in [0.25, 0.3) is 5.91 Å². The molecule has 1 rings (SSSR count). The molecule has 0 saturated carbocycles. The molecule has 0 saturated heterocycles. The summed E-state index contributed by atoms with van der Waals surface area (Å²) in [5.74, 6) is -1.34. The number of alkyl halides is 1. The van der Waals surface area contributed by atoms with E-state index in [4.69, 9.17) is 16.3 Å². The average Bonchev–Trinajstić information content (AvgIpc) is 2.42. The van der Waals surface area contributed by atoms with Crippen LogP contribution in [0.15, 0.2) is 43.0 Å².